The van der Waals surface area contributed by atoms with E-state index in [4.69, 9.17) is 11.6 Å². The zero-order valence-corrected chi connectivity index (χ0v) is 12.6. The van der Waals surface area contributed by atoms with Gasteiger partial charge in [0.25, 0.3) is 0 Å². The maximum atomic E-state index is 5.94. The fourth-order valence-corrected chi connectivity index (χ4v) is 2.15. The van der Waals surface area contributed by atoms with Crippen LogP contribution in [0.4, 0.5) is 0 Å². The summed E-state index contributed by atoms with van der Waals surface area (Å²) in [6.07, 6.45) is 2.43. The Hall–Kier alpha value is -0.200. The first-order valence-electron chi connectivity index (χ1n) is 4.56. The van der Waals surface area contributed by atoms with Crippen molar-refractivity contribution < 1.29 is 0 Å². The van der Waals surface area contributed by atoms with Crippen LogP contribution in [-0.4, -0.2) is 9.97 Å². The first kappa shape index (κ1) is 12.3. The summed E-state index contributed by atoms with van der Waals surface area (Å²) in [4.78, 5) is 8.47. The van der Waals surface area contributed by atoms with Gasteiger partial charge in [-0.3, -0.25) is 0 Å². The second-order valence-corrected chi connectivity index (χ2v) is 5.67. The van der Waals surface area contributed by atoms with Crippen molar-refractivity contribution in [3.63, 3.8) is 0 Å². The largest absolute Gasteiger partial charge is 0.240 e. The third kappa shape index (κ3) is 3.15. The van der Waals surface area contributed by atoms with Crippen LogP contribution in [0.15, 0.2) is 34.9 Å². The predicted octanol–water partition coefficient (Wildman–Crippen LogP) is 4.09. The lowest BCUT2D eigenvalue weighted by Crippen LogP contribution is -1.97. The summed E-state index contributed by atoms with van der Waals surface area (Å²) in [6, 6.07) is 8.08. The van der Waals surface area contributed by atoms with Crippen LogP contribution < -0.4 is 0 Å². The Kier molecular flexibility index (Phi) is 4.16. The highest BCUT2D eigenvalue weighted by atomic mass is 127. The minimum absolute atomic E-state index is 0.514. The molecular weight excluding hydrogens is 402 g/mol. The van der Waals surface area contributed by atoms with Gasteiger partial charge in [-0.1, -0.05) is 39.7 Å². The zero-order chi connectivity index (χ0) is 11.5. The molecule has 2 aromatic rings. The lowest BCUT2D eigenvalue weighted by atomic mass is 10.1. The molecule has 5 heteroatoms. The normalized spacial score (nSPS) is 10.4. The maximum Gasteiger partial charge on any atom is 0.146 e. The lowest BCUT2D eigenvalue weighted by molar-refractivity contribution is 0.961. The van der Waals surface area contributed by atoms with Crippen LogP contribution in [0.3, 0.4) is 0 Å². The second kappa shape index (κ2) is 5.42. The van der Waals surface area contributed by atoms with Crippen molar-refractivity contribution in [2.75, 3.05) is 0 Å². The summed E-state index contributed by atoms with van der Waals surface area (Å²) in [7, 11) is 0. The molecule has 0 aliphatic rings. The molecule has 0 radical (unpaired) electrons. The van der Waals surface area contributed by atoms with Crippen LogP contribution in [0.1, 0.15) is 11.4 Å². The number of halogens is 3. The second-order valence-electron chi connectivity index (χ2n) is 3.23. The Morgan fingerprint density at radius 3 is 2.88 bits per heavy atom. The standard InChI is InChI=1S/C11H7BrClIN2/c12-8-3-1-2-7(4-8)5-10-15-6-9(14)11(13)16-10/h1-4,6H,5H2. The zero-order valence-electron chi connectivity index (χ0n) is 8.12. The van der Waals surface area contributed by atoms with Crippen molar-refractivity contribution >= 4 is 50.1 Å². The van der Waals surface area contributed by atoms with Crippen molar-refractivity contribution in [2.45, 2.75) is 6.42 Å². The van der Waals surface area contributed by atoms with Crippen molar-refractivity contribution in [2.24, 2.45) is 0 Å². The first-order valence-corrected chi connectivity index (χ1v) is 6.81. The third-order valence-corrected chi connectivity index (χ3v) is 3.89. The molecule has 0 amide bonds. The molecule has 1 aromatic carbocycles. The molecule has 2 nitrogen and oxygen atoms in total. The molecule has 0 N–H and O–H groups in total. The van der Waals surface area contributed by atoms with E-state index >= 15 is 0 Å². The number of aromatic nitrogens is 2. The molecular formula is C11H7BrClIN2. The SMILES string of the molecule is Clc1nc(Cc2cccc(Br)c2)ncc1I. The van der Waals surface area contributed by atoms with E-state index in [-0.39, 0.29) is 0 Å². The molecule has 0 atom stereocenters. The molecule has 0 aliphatic carbocycles. The van der Waals surface area contributed by atoms with Crippen LogP contribution >= 0.6 is 50.1 Å². The van der Waals surface area contributed by atoms with Gasteiger partial charge in [-0.2, -0.15) is 0 Å². The number of hydrogen-bond donors (Lipinski definition) is 0. The van der Waals surface area contributed by atoms with Gasteiger partial charge in [0.2, 0.25) is 0 Å². The highest BCUT2D eigenvalue weighted by Crippen LogP contribution is 2.17. The van der Waals surface area contributed by atoms with Gasteiger partial charge in [0.1, 0.15) is 11.0 Å². The summed E-state index contributed by atoms with van der Waals surface area (Å²) in [5.41, 5.74) is 1.16. The van der Waals surface area contributed by atoms with E-state index in [9.17, 15) is 0 Å². The topological polar surface area (TPSA) is 25.8 Å². The molecule has 0 saturated carbocycles. The number of rotatable bonds is 2. The third-order valence-electron chi connectivity index (χ3n) is 2.00. The van der Waals surface area contributed by atoms with Gasteiger partial charge in [-0.15, -0.1) is 0 Å². The lowest BCUT2D eigenvalue weighted by Gasteiger charge is -2.02. The smallest absolute Gasteiger partial charge is 0.146 e. The summed E-state index contributed by atoms with van der Waals surface area (Å²) >= 11 is 11.5. The fraction of sp³-hybridized carbons (Fsp3) is 0.0909. The molecule has 0 saturated heterocycles. The molecule has 2 rings (SSSR count). The molecule has 0 spiro atoms. The molecule has 0 fully saturated rings. The Bertz CT molecular complexity index is 519. The fourth-order valence-electron chi connectivity index (χ4n) is 1.29. The first-order chi connectivity index (χ1) is 7.65. The van der Waals surface area contributed by atoms with Gasteiger partial charge in [0, 0.05) is 17.1 Å². The number of hydrogen-bond acceptors (Lipinski definition) is 2. The highest BCUT2D eigenvalue weighted by molar-refractivity contribution is 14.1. The summed E-state index contributed by atoms with van der Waals surface area (Å²) < 4.78 is 1.93. The van der Waals surface area contributed by atoms with E-state index in [1.54, 1.807) is 6.20 Å². The highest BCUT2D eigenvalue weighted by Gasteiger charge is 2.03. The molecule has 0 bridgehead atoms. The Morgan fingerprint density at radius 1 is 1.38 bits per heavy atom. The Morgan fingerprint density at radius 2 is 2.19 bits per heavy atom. The van der Waals surface area contributed by atoms with E-state index < -0.39 is 0 Å². The van der Waals surface area contributed by atoms with Crippen molar-refractivity contribution in [1.82, 2.24) is 9.97 Å². The maximum absolute atomic E-state index is 5.94. The molecule has 0 unspecified atom stereocenters. The van der Waals surface area contributed by atoms with Gasteiger partial charge in [0.05, 0.1) is 3.57 Å². The minimum atomic E-state index is 0.514. The Labute approximate surface area is 121 Å². The number of nitrogens with zero attached hydrogens (tertiary/aromatic N) is 2. The van der Waals surface area contributed by atoms with Gasteiger partial charge in [-0.25, -0.2) is 9.97 Å². The molecule has 82 valence electrons. The number of benzene rings is 1. The summed E-state index contributed by atoms with van der Waals surface area (Å²) in [6.45, 7) is 0. The quantitative estimate of drug-likeness (QED) is 0.552. The van der Waals surface area contributed by atoms with Crippen LogP contribution in [0.25, 0.3) is 0 Å². The predicted molar refractivity (Wildman–Crippen MR) is 76.7 cm³/mol. The van der Waals surface area contributed by atoms with Crippen LogP contribution in [0.5, 0.6) is 0 Å². The van der Waals surface area contributed by atoms with E-state index in [1.807, 2.05) is 18.2 Å². The monoisotopic (exact) mass is 408 g/mol. The summed E-state index contributed by atoms with van der Waals surface area (Å²) in [5.74, 6) is 0.739. The summed E-state index contributed by atoms with van der Waals surface area (Å²) in [5, 5.41) is 0.514. The average molecular weight is 409 g/mol. The van der Waals surface area contributed by atoms with E-state index in [2.05, 4.69) is 54.6 Å². The van der Waals surface area contributed by atoms with Crippen LogP contribution in [0, 0.1) is 3.57 Å². The van der Waals surface area contributed by atoms with Gasteiger partial charge in [-0.05, 0) is 40.3 Å². The molecule has 1 aromatic heterocycles. The van der Waals surface area contributed by atoms with E-state index in [0.717, 1.165) is 19.4 Å². The van der Waals surface area contributed by atoms with Gasteiger partial charge >= 0.3 is 0 Å². The van der Waals surface area contributed by atoms with Crippen LogP contribution in [-0.2, 0) is 6.42 Å². The molecule has 16 heavy (non-hydrogen) atoms. The minimum Gasteiger partial charge on any atom is -0.240 e. The van der Waals surface area contributed by atoms with E-state index in [0.29, 0.717) is 11.6 Å². The van der Waals surface area contributed by atoms with Gasteiger partial charge in [0.15, 0.2) is 0 Å². The average Bonchev–Trinajstić information content (AvgIpc) is 2.24. The Balaban J connectivity index is 2.24. The molecule has 1 heterocycles. The van der Waals surface area contributed by atoms with Crippen molar-refractivity contribution in [3.8, 4) is 0 Å². The van der Waals surface area contributed by atoms with Crippen LogP contribution in [0.2, 0.25) is 5.15 Å². The molecule has 0 aliphatic heterocycles. The van der Waals surface area contributed by atoms with Gasteiger partial charge < -0.3 is 0 Å². The van der Waals surface area contributed by atoms with Crippen molar-refractivity contribution in [3.05, 3.63) is 55.0 Å². The van der Waals surface area contributed by atoms with Crippen molar-refractivity contribution in [1.29, 1.82) is 0 Å². The van der Waals surface area contributed by atoms with E-state index in [1.165, 1.54) is 0 Å².